The molecule has 0 amide bonds. The van der Waals surface area contributed by atoms with Crippen molar-refractivity contribution in [2.24, 2.45) is 0 Å². The summed E-state index contributed by atoms with van der Waals surface area (Å²) in [6.07, 6.45) is 0. The molecule has 0 bridgehead atoms. The first-order valence-electron chi connectivity index (χ1n) is 8.76. The Labute approximate surface area is 157 Å². The number of rotatable bonds is 3. The third kappa shape index (κ3) is 3.06. The lowest BCUT2D eigenvalue weighted by atomic mass is 9.92. The number of nitro groups is 1. The van der Waals surface area contributed by atoms with Crippen molar-refractivity contribution in [2.45, 2.75) is 13.8 Å². The Kier molecular flexibility index (Phi) is 4.16. The van der Waals surface area contributed by atoms with Gasteiger partial charge in [0.25, 0.3) is 5.69 Å². The first-order valence-corrected chi connectivity index (χ1v) is 8.76. The van der Waals surface area contributed by atoms with Gasteiger partial charge in [0, 0.05) is 23.1 Å². The number of aromatic nitrogens is 1. The zero-order valence-corrected chi connectivity index (χ0v) is 15.1. The van der Waals surface area contributed by atoms with Crippen LogP contribution in [0.2, 0.25) is 0 Å². The second-order valence-corrected chi connectivity index (χ2v) is 6.65. The van der Waals surface area contributed by atoms with Crippen molar-refractivity contribution < 1.29 is 4.92 Å². The fourth-order valence-corrected chi connectivity index (χ4v) is 3.43. The van der Waals surface area contributed by atoms with Crippen molar-refractivity contribution in [1.82, 2.24) is 4.98 Å². The summed E-state index contributed by atoms with van der Waals surface area (Å²) in [4.78, 5) is 15.8. The fraction of sp³-hybridized carbons (Fsp3) is 0.0870. The molecular formula is C23H18N2O2. The summed E-state index contributed by atoms with van der Waals surface area (Å²) < 4.78 is 0. The van der Waals surface area contributed by atoms with E-state index in [4.69, 9.17) is 4.98 Å². The van der Waals surface area contributed by atoms with E-state index in [2.05, 4.69) is 31.2 Å². The van der Waals surface area contributed by atoms with Gasteiger partial charge in [0.15, 0.2) is 0 Å². The largest absolute Gasteiger partial charge is 0.270 e. The van der Waals surface area contributed by atoms with E-state index in [-0.39, 0.29) is 10.6 Å². The lowest BCUT2D eigenvalue weighted by Crippen LogP contribution is -1.97. The number of non-ortho nitro benzene ring substituents is 1. The maximum absolute atomic E-state index is 11.3. The van der Waals surface area contributed by atoms with Crippen molar-refractivity contribution in [2.75, 3.05) is 0 Å². The van der Waals surface area contributed by atoms with Crippen LogP contribution in [0, 0.1) is 24.0 Å². The summed E-state index contributed by atoms with van der Waals surface area (Å²) in [6.45, 7) is 4.09. The number of aryl methyl sites for hydroxylation is 1. The smallest absolute Gasteiger partial charge is 0.258 e. The number of hydrogen-bond acceptors (Lipinski definition) is 3. The molecule has 4 heteroatoms. The second-order valence-electron chi connectivity index (χ2n) is 6.65. The molecule has 132 valence electrons. The van der Waals surface area contributed by atoms with E-state index < -0.39 is 0 Å². The standard InChI is InChI=1S/C23H18N2O2/c1-15-8-10-18(11-9-15)23-16(2)22(17-6-4-3-5-7-17)20-14-19(25(26)27)12-13-21(20)24-23/h3-14H,1-2H3. The highest BCUT2D eigenvalue weighted by molar-refractivity contribution is 6.00. The van der Waals surface area contributed by atoms with E-state index in [1.165, 1.54) is 11.6 Å². The maximum Gasteiger partial charge on any atom is 0.270 e. The topological polar surface area (TPSA) is 56.0 Å². The molecule has 0 aliphatic heterocycles. The Balaban J connectivity index is 2.08. The van der Waals surface area contributed by atoms with Gasteiger partial charge >= 0.3 is 0 Å². The molecule has 0 saturated carbocycles. The van der Waals surface area contributed by atoms with E-state index in [1.54, 1.807) is 12.1 Å². The highest BCUT2D eigenvalue weighted by Gasteiger charge is 2.17. The van der Waals surface area contributed by atoms with Crippen molar-refractivity contribution >= 4 is 16.6 Å². The van der Waals surface area contributed by atoms with E-state index in [0.717, 1.165) is 38.9 Å². The zero-order valence-electron chi connectivity index (χ0n) is 15.1. The van der Waals surface area contributed by atoms with Gasteiger partial charge in [-0.05, 0) is 36.6 Å². The Morgan fingerprint density at radius 2 is 1.56 bits per heavy atom. The molecule has 0 unspecified atom stereocenters. The third-order valence-corrected chi connectivity index (χ3v) is 4.81. The van der Waals surface area contributed by atoms with E-state index in [1.807, 2.05) is 37.3 Å². The van der Waals surface area contributed by atoms with Gasteiger partial charge in [-0.2, -0.15) is 0 Å². The molecule has 4 nitrogen and oxygen atoms in total. The molecule has 0 aliphatic carbocycles. The van der Waals surface area contributed by atoms with Gasteiger partial charge in [0.2, 0.25) is 0 Å². The highest BCUT2D eigenvalue weighted by atomic mass is 16.6. The minimum Gasteiger partial charge on any atom is -0.258 e. The van der Waals surface area contributed by atoms with Crippen LogP contribution in [0.1, 0.15) is 11.1 Å². The van der Waals surface area contributed by atoms with E-state index in [9.17, 15) is 10.1 Å². The average molecular weight is 354 g/mol. The fourth-order valence-electron chi connectivity index (χ4n) is 3.43. The Bertz CT molecular complexity index is 1150. The molecular weight excluding hydrogens is 336 g/mol. The van der Waals surface area contributed by atoms with Crippen molar-refractivity contribution in [3.8, 4) is 22.4 Å². The van der Waals surface area contributed by atoms with Gasteiger partial charge in [0.1, 0.15) is 0 Å². The predicted molar refractivity (Wildman–Crippen MR) is 109 cm³/mol. The summed E-state index contributed by atoms with van der Waals surface area (Å²) in [5, 5.41) is 12.1. The minimum absolute atomic E-state index is 0.0731. The van der Waals surface area contributed by atoms with Gasteiger partial charge in [-0.3, -0.25) is 10.1 Å². The van der Waals surface area contributed by atoms with Gasteiger partial charge in [-0.1, -0.05) is 60.2 Å². The summed E-state index contributed by atoms with van der Waals surface area (Å²) in [6, 6.07) is 23.1. The molecule has 27 heavy (non-hydrogen) atoms. The molecule has 1 heterocycles. The normalized spacial score (nSPS) is 10.9. The predicted octanol–water partition coefficient (Wildman–Crippen LogP) is 6.09. The van der Waals surface area contributed by atoms with Crippen LogP contribution in [-0.4, -0.2) is 9.91 Å². The highest BCUT2D eigenvalue weighted by Crippen LogP contribution is 2.37. The summed E-state index contributed by atoms with van der Waals surface area (Å²) >= 11 is 0. The van der Waals surface area contributed by atoms with Crippen LogP contribution in [-0.2, 0) is 0 Å². The van der Waals surface area contributed by atoms with Crippen LogP contribution in [0.15, 0.2) is 72.8 Å². The van der Waals surface area contributed by atoms with Crippen LogP contribution in [0.25, 0.3) is 33.3 Å². The number of pyridine rings is 1. The molecule has 0 N–H and O–H groups in total. The Morgan fingerprint density at radius 3 is 2.22 bits per heavy atom. The van der Waals surface area contributed by atoms with Gasteiger partial charge in [-0.25, -0.2) is 4.98 Å². The first kappa shape index (κ1) is 16.9. The van der Waals surface area contributed by atoms with Gasteiger partial charge in [-0.15, -0.1) is 0 Å². The second kappa shape index (κ2) is 6.65. The number of nitro benzene ring substituents is 1. The molecule has 3 aromatic carbocycles. The zero-order chi connectivity index (χ0) is 19.0. The van der Waals surface area contributed by atoms with E-state index in [0.29, 0.717) is 0 Å². The van der Waals surface area contributed by atoms with Crippen molar-refractivity contribution in [3.05, 3.63) is 94.0 Å². The van der Waals surface area contributed by atoms with E-state index >= 15 is 0 Å². The summed E-state index contributed by atoms with van der Waals surface area (Å²) in [5.41, 5.74) is 6.97. The number of fused-ring (bicyclic) bond motifs is 1. The maximum atomic E-state index is 11.3. The monoisotopic (exact) mass is 354 g/mol. The molecule has 0 aliphatic rings. The Hall–Kier alpha value is -3.53. The van der Waals surface area contributed by atoms with Crippen LogP contribution in [0.5, 0.6) is 0 Å². The van der Waals surface area contributed by atoms with Crippen molar-refractivity contribution in [3.63, 3.8) is 0 Å². The quantitative estimate of drug-likeness (QED) is 0.330. The molecule has 0 spiro atoms. The molecule has 0 saturated heterocycles. The molecule has 0 radical (unpaired) electrons. The molecule has 0 atom stereocenters. The third-order valence-electron chi connectivity index (χ3n) is 4.81. The number of nitrogens with zero attached hydrogens (tertiary/aromatic N) is 2. The van der Waals surface area contributed by atoms with Crippen LogP contribution < -0.4 is 0 Å². The lowest BCUT2D eigenvalue weighted by molar-refractivity contribution is -0.384. The summed E-state index contributed by atoms with van der Waals surface area (Å²) in [7, 11) is 0. The molecule has 4 rings (SSSR count). The first-order chi connectivity index (χ1) is 13.0. The van der Waals surface area contributed by atoms with Crippen molar-refractivity contribution in [1.29, 1.82) is 0 Å². The SMILES string of the molecule is Cc1ccc(-c2nc3ccc([N+](=O)[O-])cc3c(-c3ccccc3)c2C)cc1. The van der Waals surface area contributed by atoms with Gasteiger partial charge in [0.05, 0.1) is 16.1 Å². The molecule has 4 aromatic rings. The number of benzene rings is 3. The van der Waals surface area contributed by atoms with Crippen LogP contribution in [0.3, 0.4) is 0 Å². The lowest BCUT2D eigenvalue weighted by Gasteiger charge is -2.15. The number of hydrogen-bond donors (Lipinski definition) is 0. The Morgan fingerprint density at radius 1 is 0.852 bits per heavy atom. The molecule has 0 fully saturated rings. The van der Waals surface area contributed by atoms with Crippen LogP contribution in [0.4, 0.5) is 5.69 Å². The summed E-state index contributed by atoms with van der Waals surface area (Å²) in [5.74, 6) is 0. The van der Waals surface area contributed by atoms with Gasteiger partial charge < -0.3 is 0 Å². The minimum atomic E-state index is -0.364. The van der Waals surface area contributed by atoms with Crippen LogP contribution >= 0.6 is 0 Å². The average Bonchev–Trinajstić information content (AvgIpc) is 2.68. The molecule has 1 aromatic heterocycles.